The minimum Gasteiger partial charge on any atom is -0.295 e. The summed E-state index contributed by atoms with van der Waals surface area (Å²) >= 11 is 0. The fourth-order valence-electron chi connectivity index (χ4n) is 2.03. The Balaban J connectivity index is 1.98. The fraction of sp³-hybridized carbons (Fsp3) is 0.429. The largest absolute Gasteiger partial charge is 0.295 e. The van der Waals surface area contributed by atoms with Crippen molar-refractivity contribution in [2.24, 2.45) is 0 Å². The molecule has 0 radical (unpaired) electrons. The highest BCUT2D eigenvalue weighted by atomic mass is 15.1. The van der Waals surface area contributed by atoms with Crippen LogP contribution in [0.25, 0.3) is 0 Å². The molecular formula is C14H19N. The summed E-state index contributed by atoms with van der Waals surface area (Å²) in [7, 11) is 0. The van der Waals surface area contributed by atoms with Crippen LogP contribution in [0, 0.1) is 6.92 Å². The van der Waals surface area contributed by atoms with Crippen molar-refractivity contribution in [2.45, 2.75) is 26.8 Å². The van der Waals surface area contributed by atoms with E-state index in [1.165, 1.54) is 29.7 Å². The molecule has 1 nitrogen and oxygen atoms in total. The predicted octanol–water partition coefficient (Wildman–Crippen LogP) is 3.15. The van der Waals surface area contributed by atoms with Crippen LogP contribution in [-0.2, 0) is 6.54 Å². The molecule has 0 bridgehead atoms. The number of hydrogen-bond acceptors (Lipinski definition) is 1. The van der Waals surface area contributed by atoms with Gasteiger partial charge in [-0.05, 0) is 25.8 Å². The van der Waals surface area contributed by atoms with Crippen molar-refractivity contribution in [2.75, 3.05) is 13.1 Å². The number of hydrogen-bond donors (Lipinski definition) is 0. The summed E-state index contributed by atoms with van der Waals surface area (Å²) in [4.78, 5) is 2.50. The van der Waals surface area contributed by atoms with Gasteiger partial charge < -0.3 is 0 Å². The Morgan fingerprint density at radius 2 is 2.13 bits per heavy atom. The van der Waals surface area contributed by atoms with E-state index < -0.39 is 0 Å². The first kappa shape index (κ1) is 10.4. The standard InChI is InChI=1S/C14H19N/c1-12-6-8-15(9-7-12)11-14-5-3-4-13(2)10-14/h3-6,10H,7-9,11H2,1-2H3. The zero-order valence-electron chi connectivity index (χ0n) is 9.66. The highest BCUT2D eigenvalue weighted by Gasteiger charge is 2.09. The minimum absolute atomic E-state index is 1.09. The summed E-state index contributed by atoms with van der Waals surface area (Å²) < 4.78 is 0. The molecule has 1 aliphatic rings. The van der Waals surface area contributed by atoms with E-state index in [1.807, 2.05) is 0 Å². The number of rotatable bonds is 2. The molecule has 0 aliphatic carbocycles. The Morgan fingerprint density at radius 3 is 2.80 bits per heavy atom. The van der Waals surface area contributed by atoms with Gasteiger partial charge in [-0.25, -0.2) is 0 Å². The van der Waals surface area contributed by atoms with Crippen LogP contribution in [0.1, 0.15) is 24.5 Å². The lowest BCUT2D eigenvalue weighted by Crippen LogP contribution is -2.27. The van der Waals surface area contributed by atoms with Crippen LogP contribution in [0.5, 0.6) is 0 Å². The first-order valence-electron chi connectivity index (χ1n) is 5.67. The average molecular weight is 201 g/mol. The van der Waals surface area contributed by atoms with E-state index >= 15 is 0 Å². The molecule has 0 fully saturated rings. The lowest BCUT2D eigenvalue weighted by atomic mass is 10.1. The molecular weight excluding hydrogens is 182 g/mol. The number of aryl methyl sites for hydroxylation is 1. The number of benzene rings is 1. The van der Waals surface area contributed by atoms with E-state index in [2.05, 4.69) is 49.1 Å². The van der Waals surface area contributed by atoms with Gasteiger partial charge in [-0.3, -0.25) is 4.90 Å². The molecule has 1 aromatic rings. The molecule has 1 heteroatoms. The highest BCUT2D eigenvalue weighted by molar-refractivity contribution is 5.22. The maximum Gasteiger partial charge on any atom is 0.0237 e. The second-order valence-electron chi connectivity index (χ2n) is 4.52. The summed E-state index contributed by atoms with van der Waals surface area (Å²) in [5.41, 5.74) is 4.33. The van der Waals surface area contributed by atoms with Gasteiger partial charge >= 0.3 is 0 Å². The molecule has 1 aliphatic heterocycles. The van der Waals surface area contributed by atoms with E-state index in [0.717, 1.165) is 13.1 Å². The van der Waals surface area contributed by atoms with Gasteiger partial charge in [-0.1, -0.05) is 41.5 Å². The molecule has 1 aromatic carbocycles. The van der Waals surface area contributed by atoms with Gasteiger partial charge in [0.05, 0.1) is 0 Å². The lowest BCUT2D eigenvalue weighted by Gasteiger charge is -2.25. The lowest BCUT2D eigenvalue weighted by molar-refractivity contribution is 0.286. The molecule has 0 amide bonds. The Kier molecular flexibility index (Phi) is 3.22. The van der Waals surface area contributed by atoms with E-state index in [-0.39, 0.29) is 0 Å². The first-order valence-corrected chi connectivity index (χ1v) is 5.67. The Hall–Kier alpha value is -1.08. The van der Waals surface area contributed by atoms with Gasteiger partial charge in [0.2, 0.25) is 0 Å². The molecule has 0 aromatic heterocycles. The Bertz CT molecular complexity index is 365. The van der Waals surface area contributed by atoms with Crippen molar-refractivity contribution in [3.63, 3.8) is 0 Å². The zero-order valence-corrected chi connectivity index (χ0v) is 9.66. The molecule has 80 valence electrons. The molecule has 0 saturated heterocycles. The second kappa shape index (κ2) is 4.63. The molecule has 0 spiro atoms. The highest BCUT2D eigenvalue weighted by Crippen LogP contribution is 2.13. The third-order valence-corrected chi connectivity index (χ3v) is 3.01. The molecule has 15 heavy (non-hydrogen) atoms. The summed E-state index contributed by atoms with van der Waals surface area (Å²) in [5.74, 6) is 0. The van der Waals surface area contributed by atoms with Crippen LogP contribution >= 0.6 is 0 Å². The van der Waals surface area contributed by atoms with Crippen LogP contribution in [0.3, 0.4) is 0 Å². The topological polar surface area (TPSA) is 3.24 Å². The summed E-state index contributed by atoms with van der Waals surface area (Å²) in [6.07, 6.45) is 3.57. The summed E-state index contributed by atoms with van der Waals surface area (Å²) in [5, 5.41) is 0. The first-order chi connectivity index (χ1) is 7.24. The average Bonchev–Trinajstić information content (AvgIpc) is 2.22. The second-order valence-corrected chi connectivity index (χ2v) is 4.52. The van der Waals surface area contributed by atoms with Crippen LogP contribution in [-0.4, -0.2) is 18.0 Å². The monoisotopic (exact) mass is 201 g/mol. The molecule has 0 N–H and O–H groups in total. The van der Waals surface area contributed by atoms with Crippen LogP contribution < -0.4 is 0 Å². The third-order valence-electron chi connectivity index (χ3n) is 3.01. The van der Waals surface area contributed by atoms with E-state index in [0.29, 0.717) is 0 Å². The van der Waals surface area contributed by atoms with Gasteiger partial charge in [0.25, 0.3) is 0 Å². The van der Waals surface area contributed by atoms with Crippen molar-refractivity contribution in [1.82, 2.24) is 4.90 Å². The van der Waals surface area contributed by atoms with Gasteiger partial charge in [-0.2, -0.15) is 0 Å². The Labute approximate surface area is 92.4 Å². The SMILES string of the molecule is CC1=CCN(Cc2cccc(C)c2)CC1. The van der Waals surface area contributed by atoms with E-state index in [1.54, 1.807) is 0 Å². The van der Waals surface area contributed by atoms with Gasteiger partial charge in [0.1, 0.15) is 0 Å². The van der Waals surface area contributed by atoms with Crippen LogP contribution in [0.15, 0.2) is 35.9 Å². The van der Waals surface area contributed by atoms with Crippen LogP contribution in [0.4, 0.5) is 0 Å². The van der Waals surface area contributed by atoms with E-state index in [9.17, 15) is 0 Å². The fourth-order valence-corrected chi connectivity index (χ4v) is 2.03. The smallest absolute Gasteiger partial charge is 0.0237 e. The normalized spacial score (nSPS) is 17.6. The van der Waals surface area contributed by atoms with Gasteiger partial charge in [-0.15, -0.1) is 0 Å². The summed E-state index contributed by atoms with van der Waals surface area (Å²) in [6, 6.07) is 8.81. The maximum absolute atomic E-state index is 2.50. The molecule has 0 unspecified atom stereocenters. The molecule has 2 rings (SSSR count). The maximum atomic E-state index is 2.50. The van der Waals surface area contributed by atoms with Crippen LogP contribution in [0.2, 0.25) is 0 Å². The van der Waals surface area contributed by atoms with E-state index in [4.69, 9.17) is 0 Å². The number of nitrogens with zero attached hydrogens (tertiary/aromatic N) is 1. The zero-order chi connectivity index (χ0) is 10.7. The molecule has 0 atom stereocenters. The third kappa shape index (κ3) is 2.93. The van der Waals surface area contributed by atoms with Crippen molar-refractivity contribution < 1.29 is 0 Å². The van der Waals surface area contributed by atoms with Crippen molar-refractivity contribution >= 4 is 0 Å². The quantitative estimate of drug-likeness (QED) is 0.664. The molecule has 0 saturated carbocycles. The van der Waals surface area contributed by atoms with Gasteiger partial charge in [0, 0.05) is 19.6 Å². The van der Waals surface area contributed by atoms with Crippen molar-refractivity contribution in [3.05, 3.63) is 47.0 Å². The van der Waals surface area contributed by atoms with Gasteiger partial charge in [0.15, 0.2) is 0 Å². The van der Waals surface area contributed by atoms with Crippen molar-refractivity contribution in [3.8, 4) is 0 Å². The minimum atomic E-state index is 1.09. The summed E-state index contributed by atoms with van der Waals surface area (Å²) in [6.45, 7) is 7.79. The Morgan fingerprint density at radius 1 is 1.27 bits per heavy atom. The molecule has 1 heterocycles. The van der Waals surface area contributed by atoms with Crippen molar-refractivity contribution in [1.29, 1.82) is 0 Å². The predicted molar refractivity (Wildman–Crippen MR) is 64.8 cm³/mol.